The molecule has 5 aromatic carbocycles. The van der Waals surface area contributed by atoms with Crippen molar-refractivity contribution in [3.05, 3.63) is 179 Å². The SMILES string of the molecule is O=c1c(=O)n(-c2nc(-c3ccccc3)cc(-c3ccccc3)n2)c2c3nccnc3c3nccnc3c2n1-c1nc(-c2ccccc2)cc(-c2ccccc2)n1. The Balaban J connectivity index is 1.38. The number of rotatable bonds is 6. The largest absolute Gasteiger partial charge is 0.324 e. The van der Waals surface area contributed by atoms with Crippen LogP contribution in [-0.4, -0.2) is 49.0 Å². The van der Waals surface area contributed by atoms with Crippen LogP contribution in [0.1, 0.15) is 0 Å². The van der Waals surface area contributed by atoms with Crippen LogP contribution in [0.15, 0.2) is 168 Å². The molecule has 0 N–H and O–H groups in total. The lowest BCUT2D eigenvalue weighted by Gasteiger charge is -2.18. The fourth-order valence-corrected chi connectivity index (χ4v) is 6.89. The van der Waals surface area contributed by atoms with Gasteiger partial charge in [-0.05, 0) is 12.1 Å². The van der Waals surface area contributed by atoms with Gasteiger partial charge >= 0.3 is 11.1 Å². The fourth-order valence-electron chi connectivity index (χ4n) is 6.89. The van der Waals surface area contributed by atoms with Gasteiger partial charge in [0.1, 0.15) is 33.1 Å². The lowest BCUT2D eigenvalue weighted by molar-refractivity contribution is 0.841. The molecule has 0 atom stereocenters. The Morgan fingerprint density at radius 3 is 0.893 bits per heavy atom. The van der Waals surface area contributed by atoms with Crippen LogP contribution in [0.3, 0.4) is 0 Å². The Bertz CT molecular complexity index is 2900. The van der Waals surface area contributed by atoms with E-state index in [0.29, 0.717) is 33.8 Å². The third-order valence-corrected chi connectivity index (χ3v) is 9.44. The van der Waals surface area contributed by atoms with Crippen LogP contribution in [-0.2, 0) is 0 Å². The van der Waals surface area contributed by atoms with Gasteiger partial charge in [-0.3, -0.25) is 29.5 Å². The van der Waals surface area contributed by atoms with Crippen LogP contribution in [0.4, 0.5) is 0 Å². The Kier molecular flexibility index (Phi) is 7.77. The Morgan fingerprint density at radius 1 is 0.339 bits per heavy atom. The zero-order valence-corrected chi connectivity index (χ0v) is 29.3. The van der Waals surface area contributed by atoms with Gasteiger partial charge in [-0.15, -0.1) is 0 Å². The summed E-state index contributed by atoms with van der Waals surface area (Å²) in [4.78, 5) is 68.5. The highest BCUT2D eigenvalue weighted by molar-refractivity contribution is 6.18. The van der Waals surface area contributed by atoms with E-state index in [4.69, 9.17) is 29.9 Å². The molecule has 264 valence electrons. The van der Waals surface area contributed by atoms with Gasteiger partial charge in [0.15, 0.2) is 0 Å². The normalized spacial score (nSPS) is 11.4. The predicted octanol–water partition coefficient (Wildman–Crippen LogP) is 7.28. The molecule has 0 aliphatic carbocycles. The van der Waals surface area contributed by atoms with Crippen molar-refractivity contribution in [1.82, 2.24) is 49.0 Å². The van der Waals surface area contributed by atoms with Crippen LogP contribution in [0.5, 0.6) is 0 Å². The van der Waals surface area contributed by atoms with Gasteiger partial charge in [0.2, 0.25) is 11.9 Å². The molecule has 0 amide bonds. The van der Waals surface area contributed by atoms with Crippen LogP contribution in [0.25, 0.3) is 90.0 Å². The fraction of sp³-hybridized carbons (Fsp3) is 0. The molecule has 0 fully saturated rings. The molecule has 0 saturated heterocycles. The van der Waals surface area contributed by atoms with Gasteiger partial charge in [-0.25, -0.2) is 29.1 Å². The molecule has 0 aliphatic rings. The van der Waals surface area contributed by atoms with E-state index in [1.165, 1.54) is 21.5 Å². The van der Waals surface area contributed by atoms with E-state index in [2.05, 4.69) is 9.97 Å². The number of hydrogen-bond donors (Lipinski definition) is 0. The summed E-state index contributed by atoms with van der Waals surface area (Å²) in [6, 6.07) is 42.0. The van der Waals surface area contributed by atoms with E-state index in [0.717, 1.165) is 22.3 Å². The summed E-state index contributed by atoms with van der Waals surface area (Å²) in [5.74, 6) is -0.0767. The van der Waals surface area contributed by atoms with Gasteiger partial charge in [-0.1, -0.05) is 121 Å². The zero-order chi connectivity index (χ0) is 37.6. The van der Waals surface area contributed by atoms with Gasteiger partial charge in [-0.2, -0.15) is 0 Å². The van der Waals surface area contributed by atoms with Crippen LogP contribution < -0.4 is 11.1 Å². The Morgan fingerprint density at radius 2 is 0.607 bits per heavy atom. The zero-order valence-electron chi connectivity index (χ0n) is 29.3. The molecule has 12 nitrogen and oxygen atoms in total. The molecule has 56 heavy (non-hydrogen) atoms. The average Bonchev–Trinajstić information content (AvgIpc) is 3.28. The average molecular weight is 727 g/mol. The minimum absolute atomic E-state index is 0.0384. The lowest BCUT2D eigenvalue weighted by atomic mass is 10.1. The number of fused-ring (bicyclic) bond motifs is 6. The van der Waals surface area contributed by atoms with E-state index in [9.17, 15) is 9.59 Å². The summed E-state index contributed by atoms with van der Waals surface area (Å²) >= 11 is 0. The van der Waals surface area contributed by atoms with Crippen molar-refractivity contribution >= 4 is 33.1 Å². The molecule has 0 aliphatic heterocycles. The Labute approximate surface area is 317 Å². The first-order valence-corrected chi connectivity index (χ1v) is 17.7. The van der Waals surface area contributed by atoms with Crippen molar-refractivity contribution in [3.63, 3.8) is 0 Å². The monoisotopic (exact) mass is 726 g/mol. The van der Waals surface area contributed by atoms with Gasteiger partial charge in [0, 0.05) is 47.0 Å². The summed E-state index contributed by atoms with van der Waals surface area (Å²) in [5.41, 5.74) is 5.09. The second-order valence-electron chi connectivity index (χ2n) is 12.8. The molecule has 10 aromatic rings. The first-order chi connectivity index (χ1) is 27.6. The molecule has 0 bridgehead atoms. The maximum absolute atomic E-state index is 15.0. The molecule has 0 radical (unpaired) electrons. The molecule has 10 rings (SSSR count). The van der Waals surface area contributed by atoms with Crippen molar-refractivity contribution in [2.24, 2.45) is 0 Å². The summed E-state index contributed by atoms with van der Waals surface area (Å²) < 4.78 is 2.41. The number of nitrogens with zero attached hydrogens (tertiary/aromatic N) is 10. The third kappa shape index (κ3) is 5.48. The molecule has 0 saturated carbocycles. The summed E-state index contributed by atoms with van der Waals surface area (Å²) in [5, 5.41) is 0. The molecule has 5 heterocycles. The quantitative estimate of drug-likeness (QED) is 0.127. The lowest BCUT2D eigenvalue weighted by Crippen LogP contribution is -2.41. The van der Waals surface area contributed by atoms with Crippen molar-refractivity contribution in [2.45, 2.75) is 0 Å². The molecular weight excluding hydrogens is 701 g/mol. The number of benzene rings is 5. The topological polar surface area (TPSA) is 147 Å². The van der Waals surface area contributed by atoms with Gasteiger partial charge in [0.05, 0.1) is 22.8 Å². The maximum atomic E-state index is 15.0. The first-order valence-electron chi connectivity index (χ1n) is 17.7. The highest BCUT2D eigenvalue weighted by Crippen LogP contribution is 2.33. The Hall–Kier alpha value is -8.12. The maximum Gasteiger partial charge on any atom is 0.324 e. The second-order valence-corrected chi connectivity index (χ2v) is 12.8. The predicted molar refractivity (Wildman–Crippen MR) is 214 cm³/mol. The summed E-state index contributed by atoms with van der Waals surface area (Å²) in [6.45, 7) is 0. The number of aromatic nitrogens is 10. The molecule has 5 aromatic heterocycles. The molecular formula is C44H26N10O2. The summed E-state index contributed by atoms with van der Waals surface area (Å²) in [7, 11) is 0. The van der Waals surface area contributed by atoms with E-state index in [-0.39, 0.29) is 34.0 Å². The van der Waals surface area contributed by atoms with Crippen molar-refractivity contribution in [2.75, 3.05) is 0 Å². The van der Waals surface area contributed by atoms with Crippen LogP contribution in [0.2, 0.25) is 0 Å². The van der Waals surface area contributed by atoms with Crippen molar-refractivity contribution < 1.29 is 0 Å². The minimum Gasteiger partial charge on any atom is -0.262 e. The van der Waals surface area contributed by atoms with E-state index in [1.54, 1.807) is 12.4 Å². The summed E-state index contributed by atoms with van der Waals surface area (Å²) in [6.07, 6.45) is 6.12. The van der Waals surface area contributed by atoms with Crippen molar-refractivity contribution in [3.8, 4) is 56.9 Å². The third-order valence-electron chi connectivity index (χ3n) is 9.44. The number of hydrogen-bond acceptors (Lipinski definition) is 10. The highest BCUT2D eigenvalue weighted by Gasteiger charge is 2.27. The smallest absolute Gasteiger partial charge is 0.262 e. The van der Waals surface area contributed by atoms with E-state index >= 15 is 0 Å². The standard InChI is InChI=1S/C44H26N10O2/c55-41-42(56)54(44-51-33(29-17-9-3-10-18-29)26-34(52-44)30-19-11-4-12-20-30)40-38-36(46-22-24-48-38)35-37(47-23-21-45-35)39(40)53(41)43-49-31(27-13-5-1-6-14-27)25-32(50-43)28-15-7-2-8-16-28/h1-26H. The first kappa shape index (κ1) is 32.5. The molecule has 12 heteroatoms. The van der Waals surface area contributed by atoms with Gasteiger partial charge < -0.3 is 0 Å². The molecule has 0 unspecified atom stereocenters. The van der Waals surface area contributed by atoms with E-state index < -0.39 is 11.1 Å². The highest BCUT2D eigenvalue weighted by atomic mass is 16.2. The van der Waals surface area contributed by atoms with Crippen LogP contribution >= 0.6 is 0 Å². The van der Waals surface area contributed by atoms with Gasteiger partial charge in [0.25, 0.3) is 0 Å². The minimum atomic E-state index is -0.952. The second kappa shape index (κ2) is 13.4. The van der Waals surface area contributed by atoms with Crippen molar-refractivity contribution in [1.29, 1.82) is 0 Å². The van der Waals surface area contributed by atoms with E-state index in [1.807, 2.05) is 133 Å². The molecule has 0 spiro atoms. The van der Waals surface area contributed by atoms with Crippen LogP contribution in [0, 0.1) is 0 Å².